The van der Waals surface area contributed by atoms with E-state index in [-0.39, 0.29) is 24.8 Å². The number of aryl methyl sites for hydroxylation is 1. The first-order chi connectivity index (χ1) is 18.8. The minimum atomic E-state index is -3.63. The van der Waals surface area contributed by atoms with Crippen LogP contribution < -0.4 is 10.0 Å². The second-order valence-electron chi connectivity index (χ2n) is 9.62. The fraction of sp³-hybridized carbons (Fsp3) is 0.387. The lowest BCUT2D eigenvalue weighted by atomic mass is 9.99. The summed E-state index contributed by atoms with van der Waals surface area (Å²) >= 11 is 0. The molecule has 0 bridgehead atoms. The minimum Gasteiger partial charge on any atom is -0.392 e. The van der Waals surface area contributed by atoms with E-state index in [1.54, 1.807) is 0 Å². The van der Waals surface area contributed by atoms with Gasteiger partial charge in [0, 0.05) is 6.54 Å². The van der Waals surface area contributed by atoms with E-state index in [0.29, 0.717) is 25.8 Å². The Kier molecular flexibility index (Phi) is 12.1. The van der Waals surface area contributed by atoms with Crippen LogP contribution in [0.5, 0.6) is 0 Å². The van der Waals surface area contributed by atoms with Gasteiger partial charge in [-0.05, 0) is 66.7 Å². The molecule has 39 heavy (non-hydrogen) atoms. The van der Waals surface area contributed by atoms with Crippen LogP contribution in [0.25, 0.3) is 11.1 Å². The molecule has 3 aromatic rings. The molecule has 0 saturated carbocycles. The number of carbonyl (C=O) groups excluding carboxylic acids is 1. The summed E-state index contributed by atoms with van der Waals surface area (Å²) in [5.74, 6) is -0.358. The molecular formula is C31H41N3O4S. The number of rotatable bonds is 16. The largest absolute Gasteiger partial charge is 0.392 e. The number of aliphatic hydroxyl groups excluding tert-OH is 1. The Morgan fingerprint density at radius 1 is 0.897 bits per heavy atom. The van der Waals surface area contributed by atoms with Crippen molar-refractivity contribution in [3.63, 3.8) is 0 Å². The van der Waals surface area contributed by atoms with Crippen molar-refractivity contribution in [2.24, 2.45) is 0 Å². The molecule has 0 unspecified atom stereocenters. The van der Waals surface area contributed by atoms with E-state index in [1.165, 1.54) is 0 Å². The second-order valence-corrected chi connectivity index (χ2v) is 11.5. The molecule has 0 aromatic heterocycles. The normalized spacial score (nSPS) is 12.4. The van der Waals surface area contributed by atoms with Gasteiger partial charge in [-0.25, -0.2) is 13.1 Å². The molecule has 0 radical (unpaired) electrons. The molecule has 0 aliphatic carbocycles. The molecule has 3 rings (SSSR count). The van der Waals surface area contributed by atoms with Crippen LogP contribution in [0.1, 0.15) is 43.4 Å². The lowest BCUT2D eigenvalue weighted by Gasteiger charge is -2.20. The zero-order chi connectivity index (χ0) is 28.1. The molecule has 3 aromatic carbocycles. The maximum Gasteiger partial charge on any atom is 0.238 e. The Bertz CT molecular complexity index is 1260. The van der Waals surface area contributed by atoms with Gasteiger partial charge < -0.3 is 15.3 Å². The number of carbonyl (C=O) groups is 1. The highest BCUT2D eigenvalue weighted by molar-refractivity contribution is 7.89. The first-order valence-corrected chi connectivity index (χ1v) is 15.3. The molecule has 1 atom stereocenters. The van der Waals surface area contributed by atoms with Gasteiger partial charge in [0.15, 0.2) is 0 Å². The van der Waals surface area contributed by atoms with Crippen LogP contribution in [0.15, 0.2) is 78.9 Å². The lowest BCUT2D eigenvalue weighted by Crippen LogP contribution is -2.47. The van der Waals surface area contributed by atoms with Crippen molar-refractivity contribution < 1.29 is 18.3 Å². The molecule has 0 aliphatic heterocycles. The minimum absolute atomic E-state index is 0.0185. The third-order valence-corrected chi connectivity index (χ3v) is 8.37. The van der Waals surface area contributed by atoms with Crippen LogP contribution in [-0.2, 0) is 34.4 Å². The Morgan fingerprint density at radius 2 is 1.56 bits per heavy atom. The Labute approximate surface area is 233 Å². The summed E-state index contributed by atoms with van der Waals surface area (Å²) in [6.07, 6.45) is 1.46. The van der Waals surface area contributed by atoms with Gasteiger partial charge in [-0.1, -0.05) is 92.7 Å². The number of amides is 1. The molecule has 3 N–H and O–H groups in total. The van der Waals surface area contributed by atoms with Crippen molar-refractivity contribution in [3.05, 3.63) is 95.6 Å². The van der Waals surface area contributed by atoms with Gasteiger partial charge in [-0.15, -0.1) is 0 Å². The summed E-state index contributed by atoms with van der Waals surface area (Å²) in [6.45, 7) is 6.81. The van der Waals surface area contributed by atoms with E-state index in [0.717, 1.165) is 40.9 Å². The molecular weight excluding hydrogens is 510 g/mol. The van der Waals surface area contributed by atoms with E-state index in [4.69, 9.17) is 0 Å². The average molecular weight is 552 g/mol. The van der Waals surface area contributed by atoms with Gasteiger partial charge in [0.1, 0.15) is 6.04 Å². The van der Waals surface area contributed by atoms with E-state index in [1.807, 2.05) is 78.9 Å². The zero-order valence-electron chi connectivity index (χ0n) is 23.0. The highest BCUT2D eigenvalue weighted by Gasteiger charge is 2.24. The predicted molar refractivity (Wildman–Crippen MR) is 158 cm³/mol. The first kappa shape index (κ1) is 30.5. The third kappa shape index (κ3) is 9.89. The van der Waals surface area contributed by atoms with Crippen LogP contribution in [0.2, 0.25) is 0 Å². The van der Waals surface area contributed by atoms with Crippen molar-refractivity contribution >= 4 is 15.9 Å². The highest BCUT2D eigenvalue weighted by atomic mass is 32.2. The monoisotopic (exact) mass is 551 g/mol. The molecule has 1 amide bonds. The van der Waals surface area contributed by atoms with Crippen molar-refractivity contribution in [2.45, 2.75) is 52.3 Å². The van der Waals surface area contributed by atoms with Gasteiger partial charge in [0.05, 0.1) is 12.4 Å². The number of benzene rings is 3. The quantitative estimate of drug-likeness (QED) is 0.249. The number of hydrogen-bond donors (Lipinski definition) is 3. The van der Waals surface area contributed by atoms with Crippen LogP contribution in [-0.4, -0.2) is 55.8 Å². The molecule has 0 aliphatic rings. The summed E-state index contributed by atoms with van der Waals surface area (Å²) in [5.41, 5.74) is 4.75. The topological polar surface area (TPSA) is 98.7 Å². The van der Waals surface area contributed by atoms with E-state index in [9.17, 15) is 18.3 Å². The maximum atomic E-state index is 13.2. The van der Waals surface area contributed by atoms with E-state index in [2.05, 4.69) is 28.8 Å². The van der Waals surface area contributed by atoms with E-state index < -0.39 is 16.1 Å². The first-order valence-electron chi connectivity index (χ1n) is 13.7. The Morgan fingerprint density at radius 3 is 2.23 bits per heavy atom. The van der Waals surface area contributed by atoms with Gasteiger partial charge in [-0.2, -0.15) is 0 Å². The Balaban J connectivity index is 1.64. The van der Waals surface area contributed by atoms with Gasteiger partial charge >= 0.3 is 0 Å². The van der Waals surface area contributed by atoms with Crippen molar-refractivity contribution in [3.8, 4) is 11.1 Å². The van der Waals surface area contributed by atoms with Crippen molar-refractivity contribution in [1.82, 2.24) is 14.9 Å². The fourth-order valence-corrected chi connectivity index (χ4v) is 5.83. The SMILES string of the molecule is CCN(CC)CCCS(=O)(=O)N[C@H](CCc1ccccc1)C(=O)NCc1ccc(-c2ccccc2CO)cc1. The van der Waals surface area contributed by atoms with Crippen LogP contribution in [0, 0.1) is 0 Å². The molecule has 0 fully saturated rings. The zero-order valence-corrected chi connectivity index (χ0v) is 23.8. The van der Waals surface area contributed by atoms with Crippen molar-refractivity contribution in [2.75, 3.05) is 25.4 Å². The summed E-state index contributed by atoms with van der Waals surface area (Å²) in [7, 11) is -3.63. The molecule has 210 valence electrons. The van der Waals surface area contributed by atoms with Gasteiger partial charge in [0.25, 0.3) is 0 Å². The molecule has 7 nitrogen and oxygen atoms in total. The van der Waals surface area contributed by atoms with Gasteiger partial charge in [-0.3, -0.25) is 4.79 Å². The lowest BCUT2D eigenvalue weighted by molar-refractivity contribution is -0.123. The molecule has 0 spiro atoms. The number of nitrogens with zero attached hydrogens (tertiary/aromatic N) is 1. The molecule has 8 heteroatoms. The second kappa shape index (κ2) is 15.5. The number of hydrogen-bond acceptors (Lipinski definition) is 5. The number of sulfonamides is 1. The maximum absolute atomic E-state index is 13.2. The van der Waals surface area contributed by atoms with E-state index >= 15 is 0 Å². The predicted octanol–water partition coefficient (Wildman–Crippen LogP) is 4.11. The van der Waals surface area contributed by atoms with Crippen LogP contribution in [0.4, 0.5) is 0 Å². The highest BCUT2D eigenvalue weighted by Crippen LogP contribution is 2.24. The third-order valence-electron chi connectivity index (χ3n) is 6.90. The summed E-state index contributed by atoms with van der Waals surface area (Å²) < 4.78 is 28.4. The summed E-state index contributed by atoms with van der Waals surface area (Å²) in [5, 5.41) is 12.5. The smallest absolute Gasteiger partial charge is 0.238 e. The standard InChI is InChI=1S/C31H41N3O4S/c1-3-34(4-2)21-10-22-39(37,38)33-30(20-17-25-11-6-5-7-12-25)31(36)32-23-26-15-18-27(19-16-26)29-14-9-8-13-28(29)24-35/h5-9,11-16,18-19,30,33,35H,3-4,10,17,20-24H2,1-2H3,(H,32,36)/t30-/m1/s1. The Hall–Kier alpha value is -3.04. The number of nitrogens with one attached hydrogen (secondary N) is 2. The molecule has 0 saturated heterocycles. The molecule has 0 heterocycles. The van der Waals surface area contributed by atoms with Crippen molar-refractivity contribution in [1.29, 1.82) is 0 Å². The van der Waals surface area contributed by atoms with Gasteiger partial charge in [0.2, 0.25) is 15.9 Å². The fourth-order valence-electron chi connectivity index (χ4n) is 4.55. The van der Waals surface area contributed by atoms with Crippen LogP contribution >= 0.6 is 0 Å². The summed E-state index contributed by atoms with van der Waals surface area (Å²) in [6, 6.07) is 24.4. The average Bonchev–Trinajstić information content (AvgIpc) is 2.97. The van der Waals surface area contributed by atoms with Crippen LogP contribution in [0.3, 0.4) is 0 Å². The number of aliphatic hydroxyl groups is 1. The summed E-state index contributed by atoms with van der Waals surface area (Å²) in [4.78, 5) is 15.4.